The fourth-order valence-corrected chi connectivity index (χ4v) is 2.19. The van der Waals surface area contributed by atoms with Crippen molar-refractivity contribution in [1.82, 2.24) is 10.3 Å². The highest BCUT2D eigenvalue weighted by atomic mass is 32.2. The zero-order valence-electron chi connectivity index (χ0n) is 10.7. The molecule has 1 unspecified atom stereocenters. The lowest BCUT2D eigenvalue weighted by molar-refractivity contribution is 0.0897. The fourth-order valence-electron chi connectivity index (χ4n) is 1.61. The SMILES string of the molecule is O=C(NCC(O)c1ccco1)c1cccnc1SC(F)F. The van der Waals surface area contributed by atoms with Crippen LogP contribution in [0.15, 0.2) is 46.2 Å². The molecule has 2 aromatic heterocycles. The Kier molecular flexibility index (Phi) is 5.29. The van der Waals surface area contributed by atoms with Crippen molar-refractivity contribution < 1.29 is 23.1 Å². The number of aliphatic hydroxyl groups excluding tert-OH is 1. The second kappa shape index (κ2) is 7.19. The average Bonchev–Trinajstić information content (AvgIpc) is 2.98. The molecule has 0 spiro atoms. The Morgan fingerprint density at radius 2 is 2.24 bits per heavy atom. The Morgan fingerprint density at radius 1 is 1.43 bits per heavy atom. The van der Waals surface area contributed by atoms with Crippen molar-refractivity contribution in [3.8, 4) is 0 Å². The standard InChI is InChI=1S/C13H12F2N2O3S/c14-13(15)21-12-8(3-1-5-16-12)11(19)17-7-9(18)10-4-2-6-20-10/h1-6,9,13,18H,7H2,(H,17,19). The summed E-state index contributed by atoms with van der Waals surface area (Å²) in [5.41, 5.74) is 0.0365. The van der Waals surface area contributed by atoms with Gasteiger partial charge in [0.2, 0.25) is 0 Å². The number of nitrogens with zero attached hydrogens (tertiary/aromatic N) is 1. The quantitative estimate of drug-likeness (QED) is 0.801. The van der Waals surface area contributed by atoms with Crippen LogP contribution in [0.3, 0.4) is 0 Å². The van der Waals surface area contributed by atoms with Crippen molar-refractivity contribution in [3.63, 3.8) is 0 Å². The zero-order chi connectivity index (χ0) is 15.2. The maximum absolute atomic E-state index is 12.4. The highest BCUT2D eigenvalue weighted by molar-refractivity contribution is 7.99. The lowest BCUT2D eigenvalue weighted by atomic mass is 10.2. The van der Waals surface area contributed by atoms with E-state index in [9.17, 15) is 18.7 Å². The summed E-state index contributed by atoms with van der Waals surface area (Å²) < 4.78 is 29.8. The maximum Gasteiger partial charge on any atom is 0.290 e. The molecule has 1 atom stereocenters. The molecule has 0 bridgehead atoms. The van der Waals surface area contributed by atoms with E-state index in [0.717, 1.165) is 0 Å². The van der Waals surface area contributed by atoms with E-state index in [2.05, 4.69) is 10.3 Å². The van der Waals surface area contributed by atoms with Crippen LogP contribution in [0.25, 0.3) is 0 Å². The molecule has 0 saturated carbocycles. The van der Waals surface area contributed by atoms with E-state index in [1.807, 2.05) is 0 Å². The molecule has 2 aromatic rings. The summed E-state index contributed by atoms with van der Waals surface area (Å²) in [4.78, 5) is 15.7. The summed E-state index contributed by atoms with van der Waals surface area (Å²) in [5, 5.41) is 12.2. The summed E-state index contributed by atoms with van der Waals surface area (Å²) in [6, 6.07) is 6.05. The summed E-state index contributed by atoms with van der Waals surface area (Å²) in [7, 11) is 0. The number of alkyl halides is 2. The summed E-state index contributed by atoms with van der Waals surface area (Å²) >= 11 is 0.199. The van der Waals surface area contributed by atoms with Gasteiger partial charge in [0, 0.05) is 6.20 Å². The molecule has 0 aromatic carbocycles. The predicted octanol–water partition coefficient (Wildman–Crippen LogP) is 2.45. The van der Waals surface area contributed by atoms with Gasteiger partial charge in [-0.25, -0.2) is 4.98 Å². The number of thioether (sulfide) groups is 1. The molecule has 0 radical (unpaired) electrons. The number of amides is 1. The molecular formula is C13H12F2N2O3S. The van der Waals surface area contributed by atoms with E-state index in [1.54, 1.807) is 12.1 Å². The number of nitrogens with one attached hydrogen (secondary N) is 1. The van der Waals surface area contributed by atoms with Crippen molar-refractivity contribution in [2.24, 2.45) is 0 Å². The molecule has 2 heterocycles. The van der Waals surface area contributed by atoms with Gasteiger partial charge in [-0.15, -0.1) is 0 Å². The Hall–Kier alpha value is -1.93. The third-order valence-electron chi connectivity index (χ3n) is 2.54. The van der Waals surface area contributed by atoms with Crippen LogP contribution >= 0.6 is 11.8 Å². The minimum atomic E-state index is -2.67. The van der Waals surface area contributed by atoms with Crippen molar-refractivity contribution in [2.45, 2.75) is 16.9 Å². The number of halogens is 2. The number of pyridine rings is 1. The molecule has 2 N–H and O–H groups in total. The van der Waals surface area contributed by atoms with Crippen molar-refractivity contribution >= 4 is 17.7 Å². The number of aromatic nitrogens is 1. The van der Waals surface area contributed by atoms with Crippen LogP contribution in [0.1, 0.15) is 22.2 Å². The van der Waals surface area contributed by atoms with Crippen molar-refractivity contribution in [2.75, 3.05) is 6.54 Å². The van der Waals surface area contributed by atoms with Gasteiger partial charge < -0.3 is 14.8 Å². The van der Waals surface area contributed by atoms with Gasteiger partial charge in [0.1, 0.15) is 16.9 Å². The first-order valence-corrected chi connectivity index (χ1v) is 6.85. The van der Waals surface area contributed by atoms with Gasteiger partial charge >= 0.3 is 0 Å². The fraction of sp³-hybridized carbons (Fsp3) is 0.231. The van der Waals surface area contributed by atoms with E-state index < -0.39 is 17.8 Å². The number of rotatable bonds is 6. The van der Waals surface area contributed by atoms with E-state index in [-0.39, 0.29) is 28.9 Å². The third kappa shape index (κ3) is 4.27. The number of hydrogen-bond donors (Lipinski definition) is 2. The molecule has 0 aliphatic rings. The highest BCUT2D eigenvalue weighted by Gasteiger charge is 2.18. The van der Waals surface area contributed by atoms with Crippen LogP contribution in [0.4, 0.5) is 8.78 Å². The second-order valence-corrected chi connectivity index (χ2v) is 4.95. The minimum Gasteiger partial charge on any atom is -0.467 e. The minimum absolute atomic E-state index is 0.0365. The van der Waals surface area contributed by atoms with Gasteiger partial charge in [-0.2, -0.15) is 8.78 Å². The Bertz CT molecular complexity index is 593. The first-order valence-electron chi connectivity index (χ1n) is 5.97. The van der Waals surface area contributed by atoms with Crippen LogP contribution in [-0.4, -0.2) is 28.3 Å². The number of hydrogen-bond acceptors (Lipinski definition) is 5. The van der Waals surface area contributed by atoms with E-state index in [4.69, 9.17) is 4.42 Å². The molecule has 2 rings (SSSR count). The molecule has 0 fully saturated rings. The van der Waals surface area contributed by atoms with E-state index in [1.165, 1.54) is 24.6 Å². The molecule has 112 valence electrons. The lowest BCUT2D eigenvalue weighted by Crippen LogP contribution is -2.28. The van der Waals surface area contributed by atoms with Gasteiger partial charge in [-0.05, 0) is 36.0 Å². The Morgan fingerprint density at radius 3 is 2.90 bits per heavy atom. The van der Waals surface area contributed by atoms with Gasteiger partial charge in [-0.1, -0.05) is 0 Å². The largest absolute Gasteiger partial charge is 0.467 e. The predicted molar refractivity (Wildman–Crippen MR) is 72.1 cm³/mol. The Balaban J connectivity index is 2.00. The molecule has 21 heavy (non-hydrogen) atoms. The first kappa shape index (κ1) is 15.5. The normalized spacial score (nSPS) is 12.4. The van der Waals surface area contributed by atoms with E-state index >= 15 is 0 Å². The molecular weight excluding hydrogens is 302 g/mol. The van der Waals surface area contributed by atoms with Crippen LogP contribution in [0.2, 0.25) is 0 Å². The summed E-state index contributed by atoms with van der Waals surface area (Å²) in [5.74, 6) is -2.94. The number of furan rings is 1. The lowest BCUT2D eigenvalue weighted by Gasteiger charge is -2.11. The summed E-state index contributed by atoms with van der Waals surface area (Å²) in [6.07, 6.45) is 1.73. The molecule has 0 aliphatic heterocycles. The number of carbonyl (C=O) groups excluding carboxylic acids is 1. The monoisotopic (exact) mass is 314 g/mol. The van der Waals surface area contributed by atoms with Crippen LogP contribution in [0.5, 0.6) is 0 Å². The van der Waals surface area contributed by atoms with Crippen LogP contribution in [0, 0.1) is 0 Å². The van der Waals surface area contributed by atoms with Gasteiger partial charge in [-0.3, -0.25) is 4.79 Å². The topological polar surface area (TPSA) is 75.4 Å². The second-order valence-electron chi connectivity index (χ2n) is 3.98. The van der Waals surface area contributed by atoms with Crippen LogP contribution < -0.4 is 5.32 Å². The zero-order valence-corrected chi connectivity index (χ0v) is 11.5. The third-order valence-corrected chi connectivity index (χ3v) is 3.27. The summed E-state index contributed by atoms with van der Waals surface area (Å²) in [6.45, 7) is -0.0972. The molecule has 8 heteroatoms. The number of aliphatic hydroxyl groups is 1. The van der Waals surface area contributed by atoms with Crippen molar-refractivity contribution in [3.05, 3.63) is 48.0 Å². The Labute approximate surface area is 123 Å². The number of carbonyl (C=O) groups is 1. The molecule has 1 amide bonds. The highest BCUT2D eigenvalue weighted by Crippen LogP contribution is 2.26. The molecule has 0 aliphatic carbocycles. The van der Waals surface area contributed by atoms with Crippen LogP contribution in [-0.2, 0) is 0 Å². The van der Waals surface area contributed by atoms with Crippen molar-refractivity contribution in [1.29, 1.82) is 0 Å². The average molecular weight is 314 g/mol. The maximum atomic E-state index is 12.4. The van der Waals surface area contributed by atoms with Gasteiger partial charge in [0.05, 0.1) is 18.4 Å². The first-order chi connectivity index (χ1) is 10.1. The van der Waals surface area contributed by atoms with E-state index in [0.29, 0.717) is 5.76 Å². The molecule has 5 nitrogen and oxygen atoms in total. The van der Waals surface area contributed by atoms with Gasteiger partial charge in [0.15, 0.2) is 0 Å². The molecule has 0 saturated heterocycles. The van der Waals surface area contributed by atoms with Gasteiger partial charge in [0.25, 0.3) is 11.7 Å². The smallest absolute Gasteiger partial charge is 0.290 e.